The SMILES string of the molecule is O=C1CCCCC1OC(=O)N1c2ccccc2Sc2ccccc21. The van der Waals surface area contributed by atoms with Crippen LogP contribution in [0.25, 0.3) is 0 Å². The predicted octanol–water partition coefficient (Wildman–Crippen LogP) is 4.94. The van der Waals surface area contributed by atoms with Crippen molar-refractivity contribution in [1.82, 2.24) is 0 Å². The van der Waals surface area contributed by atoms with E-state index >= 15 is 0 Å². The van der Waals surface area contributed by atoms with Crippen LogP contribution >= 0.6 is 11.8 Å². The number of hydrogen-bond donors (Lipinski definition) is 0. The van der Waals surface area contributed by atoms with E-state index in [1.54, 1.807) is 16.7 Å². The van der Waals surface area contributed by atoms with Crippen molar-refractivity contribution in [3.05, 3.63) is 48.5 Å². The molecule has 0 radical (unpaired) electrons. The fourth-order valence-corrected chi connectivity index (χ4v) is 4.21. The van der Waals surface area contributed by atoms with E-state index in [0.717, 1.165) is 34.0 Å². The lowest BCUT2D eigenvalue weighted by Gasteiger charge is -2.32. The highest BCUT2D eigenvalue weighted by Crippen LogP contribution is 2.48. The summed E-state index contributed by atoms with van der Waals surface area (Å²) in [5, 5.41) is 0. The highest BCUT2D eigenvalue weighted by molar-refractivity contribution is 7.99. The molecule has 0 saturated heterocycles. The molecule has 1 fully saturated rings. The monoisotopic (exact) mass is 339 g/mol. The van der Waals surface area contributed by atoms with Crippen molar-refractivity contribution < 1.29 is 14.3 Å². The third-order valence-corrected chi connectivity index (χ3v) is 5.49. The van der Waals surface area contributed by atoms with Gasteiger partial charge in [0.05, 0.1) is 11.4 Å². The highest BCUT2D eigenvalue weighted by atomic mass is 32.2. The van der Waals surface area contributed by atoms with Gasteiger partial charge in [-0.15, -0.1) is 0 Å². The number of rotatable bonds is 1. The Morgan fingerprint density at radius 1 is 1.00 bits per heavy atom. The Bertz CT molecular complexity index is 759. The van der Waals surface area contributed by atoms with Crippen LogP contribution in [0.15, 0.2) is 58.3 Å². The number of ketones is 1. The second-order valence-electron chi connectivity index (χ2n) is 5.96. The molecule has 1 aliphatic heterocycles. The summed E-state index contributed by atoms with van der Waals surface area (Å²) < 4.78 is 5.58. The van der Waals surface area contributed by atoms with Crippen molar-refractivity contribution in [2.45, 2.75) is 41.6 Å². The van der Waals surface area contributed by atoms with Crippen LogP contribution in [0.2, 0.25) is 0 Å². The largest absolute Gasteiger partial charge is 0.438 e. The molecule has 0 spiro atoms. The molecule has 4 nitrogen and oxygen atoms in total. The van der Waals surface area contributed by atoms with Crippen molar-refractivity contribution in [1.29, 1.82) is 0 Å². The van der Waals surface area contributed by atoms with Crippen LogP contribution < -0.4 is 4.90 Å². The van der Waals surface area contributed by atoms with Gasteiger partial charge in [-0.3, -0.25) is 4.79 Å². The smallest absolute Gasteiger partial charge is 0.419 e. The summed E-state index contributed by atoms with van der Waals surface area (Å²) >= 11 is 1.63. The van der Waals surface area contributed by atoms with Gasteiger partial charge in [0.25, 0.3) is 0 Å². The molecule has 1 atom stereocenters. The fraction of sp³-hybridized carbons (Fsp3) is 0.263. The summed E-state index contributed by atoms with van der Waals surface area (Å²) in [6, 6.07) is 15.5. The molecule has 1 aliphatic carbocycles. The molecule has 5 heteroatoms. The summed E-state index contributed by atoms with van der Waals surface area (Å²) in [6.07, 6.45) is 1.85. The van der Waals surface area contributed by atoms with Gasteiger partial charge >= 0.3 is 6.09 Å². The van der Waals surface area contributed by atoms with E-state index in [9.17, 15) is 9.59 Å². The minimum absolute atomic E-state index is 0.0301. The number of amides is 1. The number of carbonyl (C=O) groups is 2. The number of Topliss-reactive ketones (excluding diaryl/α,β-unsaturated/α-hetero) is 1. The molecular weight excluding hydrogens is 322 g/mol. The third-order valence-electron chi connectivity index (χ3n) is 4.36. The number of ether oxygens (including phenoxy) is 1. The molecule has 0 bridgehead atoms. The molecule has 122 valence electrons. The lowest BCUT2D eigenvalue weighted by Crippen LogP contribution is -2.36. The zero-order valence-electron chi connectivity index (χ0n) is 13.1. The van der Waals surface area contributed by atoms with Crippen LogP contribution in [-0.2, 0) is 9.53 Å². The van der Waals surface area contributed by atoms with Crippen molar-refractivity contribution in [2.24, 2.45) is 0 Å². The number of benzene rings is 2. The van der Waals surface area contributed by atoms with E-state index in [0.29, 0.717) is 12.8 Å². The second kappa shape index (κ2) is 6.32. The van der Waals surface area contributed by atoms with Crippen LogP contribution in [0.3, 0.4) is 0 Å². The van der Waals surface area contributed by atoms with E-state index in [-0.39, 0.29) is 5.78 Å². The third kappa shape index (κ3) is 2.69. The Morgan fingerprint density at radius 2 is 1.62 bits per heavy atom. The van der Waals surface area contributed by atoms with E-state index in [2.05, 4.69) is 0 Å². The molecule has 1 amide bonds. The first-order valence-corrected chi connectivity index (χ1v) is 8.95. The number of para-hydroxylation sites is 2. The van der Waals surface area contributed by atoms with E-state index < -0.39 is 12.2 Å². The van der Waals surface area contributed by atoms with Crippen LogP contribution in [0.4, 0.5) is 16.2 Å². The number of carbonyl (C=O) groups excluding carboxylic acids is 2. The molecule has 1 heterocycles. The van der Waals surface area contributed by atoms with Crippen LogP contribution in [0, 0.1) is 0 Å². The van der Waals surface area contributed by atoms with Gasteiger partial charge in [-0.25, -0.2) is 9.69 Å². The topological polar surface area (TPSA) is 46.6 Å². The summed E-state index contributed by atoms with van der Waals surface area (Å²) in [4.78, 5) is 28.5. The predicted molar refractivity (Wildman–Crippen MR) is 92.9 cm³/mol. The van der Waals surface area contributed by atoms with Crippen molar-refractivity contribution in [3.8, 4) is 0 Å². The van der Waals surface area contributed by atoms with Crippen molar-refractivity contribution in [2.75, 3.05) is 4.90 Å². The Kier molecular flexibility index (Phi) is 4.02. The van der Waals surface area contributed by atoms with Gasteiger partial charge in [-0.2, -0.15) is 0 Å². The van der Waals surface area contributed by atoms with Gasteiger partial charge in [0, 0.05) is 16.2 Å². The summed E-state index contributed by atoms with van der Waals surface area (Å²) in [7, 11) is 0. The molecule has 4 rings (SSSR count). The van der Waals surface area contributed by atoms with Crippen LogP contribution in [-0.4, -0.2) is 18.0 Å². The quantitative estimate of drug-likeness (QED) is 0.738. The highest BCUT2D eigenvalue weighted by Gasteiger charge is 2.33. The first-order valence-electron chi connectivity index (χ1n) is 8.13. The number of anilines is 2. The van der Waals surface area contributed by atoms with Gasteiger partial charge in [-0.1, -0.05) is 36.0 Å². The Hall–Kier alpha value is -2.27. The number of hydrogen-bond acceptors (Lipinski definition) is 4. The number of nitrogens with zero attached hydrogens (tertiary/aromatic N) is 1. The second-order valence-corrected chi connectivity index (χ2v) is 7.04. The molecule has 0 aromatic heterocycles. The van der Waals surface area contributed by atoms with Crippen LogP contribution in [0.5, 0.6) is 0 Å². The first-order chi connectivity index (χ1) is 11.7. The average Bonchev–Trinajstić information content (AvgIpc) is 2.61. The van der Waals surface area contributed by atoms with Gasteiger partial charge in [0.1, 0.15) is 0 Å². The molecule has 0 N–H and O–H groups in total. The van der Waals surface area contributed by atoms with E-state index in [4.69, 9.17) is 4.74 Å². The molecule has 2 aromatic rings. The minimum Gasteiger partial charge on any atom is -0.438 e. The molecular formula is C19H17NO3S. The Balaban J connectivity index is 1.69. The van der Waals surface area contributed by atoms with E-state index in [1.165, 1.54) is 0 Å². The van der Waals surface area contributed by atoms with Gasteiger partial charge in [0.15, 0.2) is 11.9 Å². The van der Waals surface area contributed by atoms with Gasteiger partial charge in [-0.05, 0) is 43.5 Å². The molecule has 1 saturated carbocycles. The zero-order chi connectivity index (χ0) is 16.5. The van der Waals surface area contributed by atoms with Gasteiger partial charge < -0.3 is 4.74 Å². The summed E-state index contributed by atoms with van der Waals surface area (Å²) in [6.45, 7) is 0. The minimum atomic E-state index is -0.611. The fourth-order valence-electron chi connectivity index (χ4n) is 3.15. The molecule has 1 unspecified atom stereocenters. The summed E-state index contributed by atoms with van der Waals surface area (Å²) in [5.41, 5.74) is 1.60. The zero-order valence-corrected chi connectivity index (χ0v) is 13.9. The summed E-state index contributed by atoms with van der Waals surface area (Å²) in [5.74, 6) is 0.0301. The molecule has 2 aromatic carbocycles. The first kappa shape index (κ1) is 15.3. The number of fused-ring (bicyclic) bond motifs is 2. The lowest BCUT2D eigenvalue weighted by molar-refractivity contribution is -0.129. The normalized spacial score (nSPS) is 19.4. The van der Waals surface area contributed by atoms with Crippen molar-refractivity contribution >= 4 is 35.0 Å². The Labute approximate surface area is 144 Å². The Morgan fingerprint density at radius 3 is 2.25 bits per heavy atom. The van der Waals surface area contributed by atoms with Crippen LogP contribution in [0.1, 0.15) is 25.7 Å². The average molecular weight is 339 g/mol. The van der Waals surface area contributed by atoms with Gasteiger partial charge in [0.2, 0.25) is 0 Å². The van der Waals surface area contributed by atoms with E-state index in [1.807, 2.05) is 48.5 Å². The standard InChI is InChI=1S/C19H17NO3S/c21-15-9-3-4-10-16(15)23-19(22)20-13-7-1-5-11-17(13)24-18-12-6-2-8-14(18)20/h1-2,5-8,11-12,16H,3-4,9-10H2. The maximum Gasteiger partial charge on any atom is 0.419 e. The maximum absolute atomic E-state index is 12.9. The molecule has 2 aliphatic rings. The molecule has 24 heavy (non-hydrogen) atoms. The maximum atomic E-state index is 12.9. The lowest BCUT2D eigenvalue weighted by atomic mass is 9.96. The van der Waals surface area contributed by atoms with Crippen molar-refractivity contribution in [3.63, 3.8) is 0 Å².